The molecule has 0 saturated heterocycles. The van der Waals surface area contributed by atoms with Crippen LogP contribution in [0.1, 0.15) is 0 Å². The van der Waals surface area contributed by atoms with E-state index >= 15 is 0 Å². The predicted octanol–water partition coefficient (Wildman–Crippen LogP) is 5.31. The maximum Gasteiger partial charge on any atom is 0.232 e. The second-order valence-electron chi connectivity index (χ2n) is 5.35. The SMILES string of the molecule is Clc1nc(Cl)nc(Nc2cccc3c(Nc4nc(Cl)nc(Cl)n4)cccc23)n1. The highest BCUT2D eigenvalue weighted by Gasteiger charge is 2.10. The molecule has 28 heavy (non-hydrogen) atoms. The molecule has 12 heteroatoms. The lowest BCUT2D eigenvalue weighted by atomic mass is 10.1. The Morgan fingerprint density at radius 3 is 1.21 bits per heavy atom. The lowest BCUT2D eigenvalue weighted by molar-refractivity contribution is 1.05. The summed E-state index contributed by atoms with van der Waals surface area (Å²) in [5.41, 5.74) is 1.48. The highest BCUT2D eigenvalue weighted by Crippen LogP contribution is 2.32. The van der Waals surface area contributed by atoms with Gasteiger partial charge in [-0.3, -0.25) is 0 Å². The van der Waals surface area contributed by atoms with Crippen LogP contribution < -0.4 is 10.6 Å². The number of anilines is 4. The number of rotatable bonds is 4. The molecule has 0 fully saturated rings. The largest absolute Gasteiger partial charge is 0.323 e. The van der Waals surface area contributed by atoms with Gasteiger partial charge in [-0.15, -0.1) is 0 Å². The molecule has 0 bridgehead atoms. The van der Waals surface area contributed by atoms with E-state index in [0.717, 1.165) is 22.1 Å². The van der Waals surface area contributed by atoms with Gasteiger partial charge >= 0.3 is 0 Å². The van der Waals surface area contributed by atoms with Gasteiger partial charge in [0.25, 0.3) is 0 Å². The molecule has 8 nitrogen and oxygen atoms in total. The number of nitrogens with zero attached hydrogens (tertiary/aromatic N) is 6. The zero-order valence-electron chi connectivity index (χ0n) is 13.7. The molecule has 2 aromatic carbocycles. The van der Waals surface area contributed by atoms with Crippen molar-refractivity contribution in [2.75, 3.05) is 10.6 Å². The van der Waals surface area contributed by atoms with Gasteiger partial charge < -0.3 is 10.6 Å². The third kappa shape index (κ3) is 4.15. The van der Waals surface area contributed by atoms with Crippen LogP contribution in [0.15, 0.2) is 36.4 Å². The molecular formula is C16H8Cl4N8. The maximum atomic E-state index is 5.84. The number of nitrogens with one attached hydrogen (secondary N) is 2. The first-order chi connectivity index (χ1) is 13.5. The smallest absolute Gasteiger partial charge is 0.232 e. The van der Waals surface area contributed by atoms with Crippen molar-refractivity contribution in [3.05, 3.63) is 57.5 Å². The molecule has 0 unspecified atom stereocenters. The van der Waals surface area contributed by atoms with Crippen LogP contribution >= 0.6 is 46.4 Å². The summed E-state index contributed by atoms with van der Waals surface area (Å²) in [5.74, 6) is 0.457. The van der Waals surface area contributed by atoms with Crippen molar-refractivity contribution in [2.45, 2.75) is 0 Å². The van der Waals surface area contributed by atoms with Crippen molar-refractivity contribution in [2.24, 2.45) is 0 Å². The first-order valence-electron chi connectivity index (χ1n) is 7.68. The fourth-order valence-electron chi connectivity index (χ4n) is 2.53. The van der Waals surface area contributed by atoms with Crippen LogP contribution in [0.4, 0.5) is 23.3 Å². The van der Waals surface area contributed by atoms with Crippen molar-refractivity contribution >= 4 is 80.4 Å². The summed E-state index contributed by atoms with van der Waals surface area (Å²) in [7, 11) is 0. The van der Waals surface area contributed by atoms with E-state index in [0.29, 0.717) is 0 Å². The van der Waals surface area contributed by atoms with E-state index < -0.39 is 0 Å². The van der Waals surface area contributed by atoms with Crippen molar-refractivity contribution in [1.29, 1.82) is 0 Å². The summed E-state index contributed by atoms with van der Waals surface area (Å²) in [6.45, 7) is 0. The van der Waals surface area contributed by atoms with Gasteiger partial charge in [0.05, 0.1) is 0 Å². The average Bonchev–Trinajstić information content (AvgIpc) is 2.61. The molecule has 4 rings (SSSR count). The van der Waals surface area contributed by atoms with E-state index in [1.165, 1.54) is 0 Å². The number of hydrogen-bond donors (Lipinski definition) is 2. The Bertz CT molecular complexity index is 1050. The van der Waals surface area contributed by atoms with Gasteiger partial charge in [0.15, 0.2) is 0 Å². The molecular weight excluding hydrogens is 446 g/mol. The zero-order chi connectivity index (χ0) is 19.7. The van der Waals surface area contributed by atoms with Crippen molar-refractivity contribution in [3.8, 4) is 0 Å². The summed E-state index contributed by atoms with van der Waals surface area (Å²) < 4.78 is 0. The third-order valence-corrected chi connectivity index (χ3v) is 4.25. The van der Waals surface area contributed by atoms with E-state index in [-0.39, 0.29) is 33.0 Å². The second-order valence-corrected chi connectivity index (χ2v) is 6.70. The minimum Gasteiger partial charge on any atom is -0.323 e. The fourth-order valence-corrected chi connectivity index (χ4v) is 3.26. The molecule has 140 valence electrons. The van der Waals surface area contributed by atoms with Crippen LogP contribution in [0.2, 0.25) is 21.1 Å². The predicted molar refractivity (Wildman–Crippen MR) is 110 cm³/mol. The Morgan fingerprint density at radius 2 is 0.857 bits per heavy atom. The topological polar surface area (TPSA) is 101 Å². The quantitative estimate of drug-likeness (QED) is 0.428. The van der Waals surface area contributed by atoms with E-state index in [2.05, 4.69) is 40.5 Å². The zero-order valence-corrected chi connectivity index (χ0v) is 16.7. The van der Waals surface area contributed by atoms with Crippen LogP contribution in [0.5, 0.6) is 0 Å². The number of benzene rings is 2. The number of aromatic nitrogens is 6. The maximum absolute atomic E-state index is 5.84. The van der Waals surface area contributed by atoms with Crippen LogP contribution in [0.25, 0.3) is 10.8 Å². The van der Waals surface area contributed by atoms with E-state index in [4.69, 9.17) is 46.4 Å². The summed E-state index contributed by atoms with van der Waals surface area (Å²) in [6, 6.07) is 11.3. The standard InChI is InChI=1S/C16H8Cl4N8/c17-11-23-12(18)26-15(25-11)21-9-5-1-3-7-8(9)4-2-6-10(7)22-16-27-13(19)24-14(20)28-16/h1-6H,(H,21,23,25,26)(H,22,24,27,28). The molecule has 0 atom stereocenters. The summed E-state index contributed by atoms with van der Waals surface area (Å²) in [6.07, 6.45) is 0. The van der Waals surface area contributed by atoms with E-state index in [1.807, 2.05) is 36.4 Å². The van der Waals surface area contributed by atoms with E-state index in [9.17, 15) is 0 Å². The number of hydrogen-bond acceptors (Lipinski definition) is 8. The Kier molecular flexibility index (Phi) is 5.27. The molecule has 0 spiro atoms. The number of fused-ring (bicyclic) bond motifs is 1. The normalized spacial score (nSPS) is 10.9. The fraction of sp³-hybridized carbons (Fsp3) is 0. The summed E-state index contributed by atoms with van der Waals surface area (Å²) >= 11 is 23.4. The summed E-state index contributed by atoms with van der Waals surface area (Å²) in [5, 5.41) is 7.93. The highest BCUT2D eigenvalue weighted by atomic mass is 35.5. The molecule has 2 heterocycles. The van der Waals surface area contributed by atoms with E-state index in [1.54, 1.807) is 0 Å². The molecule has 0 aliphatic carbocycles. The van der Waals surface area contributed by atoms with Crippen LogP contribution in [0, 0.1) is 0 Å². The second kappa shape index (κ2) is 7.84. The Hall–Kier alpha value is -2.52. The monoisotopic (exact) mass is 452 g/mol. The lowest BCUT2D eigenvalue weighted by Crippen LogP contribution is -2.01. The number of halogens is 4. The first kappa shape index (κ1) is 18.8. The van der Waals surface area contributed by atoms with Gasteiger partial charge in [0, 0.05) is 22.1 Å². The molecule has 4 aromatic rings. The molecule has 2 N–H and O–H groups in total. The minimum atomic E-state index is -0.00585. The van der Waals surface area contributed by atoms with Gasteiger partial charge in [-0.25, -0.2) is 0 Å². The molecule has 0 aliphatic rings. The molecule has 0 amide bonds. The van der Waals surface area contributed by atoms with Crippen LogP contribution in [-0.4, -0.2) is 29.9 Å². The third-order valence-electron chi connectivity index (χ3n) is 3.58. The van der Waals surface area contributed by atoms with Gasteiger partial charge in [-0.2, -0.15) is 29.9 Å². The van der Waals surface area contributed by atoms with Gasteiger partial charge in [-0.05, 0) is 58.5 Å². The minimum absolute atomic E-state index is 0.00585. The lowest BCUT2D eigenvalue weighted by Gasteiger charge is -2.12. The van der Waals surface area contributed by atoms with Crippen molar-refractivity contribution in [3.63, 3.8) is 0 Å². The van der Waals surface area contributed by atoms with Crippen LogP contribution in [-0.2, 0) is 0 Å². The Labute approximate surface area is 178 Å². The van der Waals surface area contributed by atoms with Crippen molar-refractivity contribution in [1.82, 2.24) is 29.9 Å². The summed E-state index contributed by atoms with van der Waals surface area (Å²) in [4.78, 5) is 23.5. The van der Waals surface area contributed by atoms with Crippen molar-refractivity contribution < 1.29 is 0 Å². The molecule has 2 aromatic heterocycles. The van der Waals surface area contributed by atoms with Gasteiger partial charge in [0.1, 0.15) is 0 Å². The van der Waals surface area contributed by atoms with Gasteiger partial charge in [-0.1, -0.05) is 24.3 Å². The molecule has 0 aliphatic heterocycles. The first-order valence-corrected chi connectivity index (χ1v) is 9.19. The molecule has 0 radical (unpaired) electrons. The highest BCUT2D eigenvalue weighted by molar-refractivity contribution is 6.31. The van der Waals surface area contributed by atoms with Crippen LogP contribution in [0.3, 0.4) is 0 Å². The average molecular weight is 454 g/mol. The Morgan fingerprint density at radius 1 is 0.500 bits per heavy atom. The molecule has 0 saturated carbocycles. The van der Waals surface area contributed by atoms with Gasteiger partial charge in [0.2, 0.25) is 33.0 Å². The Balaban J connectivity index is 1.73.